The molecular formula is C24H28Cl2N4O4. The van der Waals surface area contributed by atoms with Gasteiger partial charge in [0, 0.05) is 37.5 Å². The highest BCUT2D eigenvalue weighted by molar-refractivity contribution is 6.33. The number of hydrogen-bond donors (Lipinski definition) is 3. The van der Waals surface area contributed by atoms with E-state index in [4.69, 9.17) is 27.9 Å². The number of hydrogen-bond acceptors (Lipinski definition) is 4. The van der Waals surface area contributed by atoms with Crippen molar-refractivity contribution in [2.45, 2.75) is 18.9 Å². The van der Waals surface area contributed by atoms with E-state index in [-0.39, 0.29) is 17.9 Å². The fourth-order valence-electron chi connectivity index (χ4n) is 3.85. The molecule has 0 spiro atoms. The largest absolute Gasteiger partial charge is 0.383 e. The normalized spacial score (nSPS) is 14.9. The molecule has 1 saturated heterocycles. The van der Waals surface area contributed by atoms with Crippen molar-refractivity contribution in [1.29, 1.82) is 0 Å². The van der Waals surface area contributed by atoms with Gasteiger partial charge in [-0.2, -0.15) is 0 Å². The van der Waals surface area contributed by atoms with E-state index in [2.05, 4.69) is 16.0 Å². The summed E-state index contributed by atoms with van der Waals surface area (Å²) in [6.07, 6.45) is 1.10. The molecule has 0 aliphatic carbocycles. The summed E-state index contributed by atoms with van der Waals surface area (Å²) in [4.78, 5) is 40.2. The van der Waals surface area contributed by atoms with Crippen molar-refractivity contribution in [1.82, 2.24) is 15.5 Å². The molecule has 0 aromatic heterocycles. The van der Waals surface area contributed by atoms with Crippen LogP contribution < -0.4 is 16.0 Å². The van der Waals surface area contributed by atoms with Crippen LogP contribution in [0.4, 0.5) is 10.5 Å². The molecule has 2 aromatic carbocycles. The second-order valence-corrected chi connectivity index (χ2v) is 8.82. The number of methoxy groups -OCH3 is 1. The van der Waals surface area contributed by atoms with Gasteiger partial charge in [0.2, 0.25) is 5.91 Å². The first-order chi connectivity index (χ1) is 16.4. The zero-order valence-electron chi connectivity index (χ0n) is 18.9. The van der Waals surface area contributed by atoms with Crippen LogP contribution in [0.25, 0.3) is 0 Å². The van der Waals surface area contributed by atoms with Crippen LogP contribution in [0.5, 0.6) is 0 Å². The van der Waals surface area contributed by atoms with Crippen molar-refractivity contribution in [2.24, 2.45) is 5.92 Å². The molecule has 34 heavy (non-hydrogen) atoms. The van der Waals surface area contributed by atoms with Gasteiger partial charge >= 0.3 is 6.03 Å². The number of nitrogens with one attached hydrogen (secondary N) is 3. The van der Waals surface area contributed by atoms with Gasteiger partial charge < -0.3 is 25.6 Å². The summed E-state index contributed by atoms with van der Waals surface area (Å²) in [6, 6.07) is 12.6. The van der Waals surface area contributed by atoms with Crippen LogP contribution in [0, 0.1) is 5.92 Å². The molecule has 0 radical (unpaired) electrons. The first-order valence-electron chi connectivity index (χ1n) is 11.0. The number of carbonyl (C=O) groups excluding carboxylic acids is 3. The van der Waals surface area contributed by atoms with E-state index in [1.807, 2.05) is 0 Å². The predicted molar refractivity (Wildman–Crippen MR) is 132 cm³/mol. The van der Waals surface area contributed by atoms with Crippen LogP contribution in [-0.2, 0) is 9.53 Å². The molecular weight excluding hydrogens is 479 g/mol. The van der Waals surface area contributed by atoms with Crippen LogP contribution in [0.3, 0.4) is 0 Å². The lowest BCUT2D eigenvalue weighted by atomic mass is 9.88. The number of amides is 4. The minimum Gasteiger partial charge on any atom is -0.383 e. The topological polar surface area (TPSA) is 99.8 Å². The van der Waals surface area contributed by atoms with Gasteiger partial charge in [-0.25, -0.2) is 4.79 Å². The lowest BCUT2D eigenvalue weighted by Crippen LogP contribution is -2.54. The van der Waals surface area contributed by atoms with E-state index >= 15 is 0 Å². The maximum absolute atomic E-state index is 12.9. The molecule has 3 N–H and O–H groups in total. The molecule has 8 nitrogen and oxygen atoms in total. The van der Waals surface area contributed by atoms with Gasteiger partial charge in [0.25, 0.3) is 5.91 Å². The van der Waals surface area contributed by atoms with Gasteiger partial charge in [-0.15, -0.1) is 0 Å². The third-order valence-electron chi connectivity index (χ3n) is 5.67. The Morgan fingerprint density at radius 2 is 1.82 bits per heavy atom. The predicted octanol–water partition coefficient (Wildman–Crippen LogP) is 3.80. The van der Waals surface area contributed by atoms with Gasteiger partial charge in [0.1, 0.15) is 6.04 Å². The van der Waals surface area contributed by atoms with Crippen molar-refractivity contribution in [3.05, 3.63) is 64.1 Å². The molecule has 0 unspecified atom stereocenters. The van der Waals surface area contributed by atoms with Gasteiger partial charge in [0.05, 0.1) is 17.2 Å². The highest BCUT2D eigenvalue weighted by Gasteiger charge is 2.34. The van der Waals surface area contributed by atoms with Crippen molar-refractivity contribution in [3.8, 4) is 0 Å². The lowest BCUT2D eigenvalue weighted by molar-refractivity contribution is -0.124. The maximum Gasteiger partial charge on any atom is 0.321 e. The van der Waals surface area contributed by atoms with Crippen LogP contribution >= 0.6 is 23.2 Å². The quantitative estimate of drug-likeness (QED) is 0.474. The zero-order chi connectivity index (χ0) is 24.5. The number of carbonyl (C=O) groups is 3. The molecule has 1 aliphatic heterocycles. The Labute approximate surface area is 208 Å². The van der Waals surface area contributed by atoms with E-state index in [1.165, 1.54) is 0 Å². The Morgan fingerprint density at radius 1 is 1.09 bits per heavy atom. The Kier molecular flexibility index (Phi) is 9.56. The van der Waals surface area contributed by atoms with Gasteiger partial charge in [0.15, 0.2) is 0 Å². The molecule has 0 saturated carbocycles. The average Bonchev–Trinajstić information content (AvgIpc) is 2.83. The number of ether oxygens (including phenoxy) is 1. The second kappa shape index (κ2) is 12.6. The lowest BCUT2D eigenvalue weighted by Gasteiger charge is -2.35. The number of nitrogens with zero attached hydrogens (tertiary/aromatic N) is 1. The molecule has 10 heteroatoms. The summed E-state index contributed by atoms with van der Waals surface area (Å²) in [6.45, 7) is 1.58. The third-order valence-corrected chi connectivity index (χ3v) is 6.23. The Balaban J connectivity index is 1.64. The Bertz CT molecular complexity index is 1010. The average molecular weight is 507 g/mol. The number of urea groups is 1. The Hall–Kier alpha value is -2.81. The number of likely N-dealkylation sites (tertiary alicyclic amines) is 1. The second-order valence-electron chi connectivity index (χ2n) is 7.98. The first-order valence-corrected chi connectivity index (χ1v) is 11.8. The Morgan fingerprint density at radius 3 is 2.50 bits per heavy atom. The molecule has 0 bridgehead atoms. The summed E-state index contributed by atoms with van der Waals surface area (Å²) >= 11 is 12.1. The van der Waals surface area contributed by atoms with Crippen molar-refractivity contribution >= 4 is 46.7 Å². The molecule has 2 aromatic rings. The van der Waals surface area contributed by atoms with Crippen molar-refractivity contribution in [2.75, 3.05) is 38.7 Å². The minimum atomic E-state index is -0.765. The number of anilines is 1. The number of halogens is 2. The molecule has 1 aliphatic rings. The fourth-order valence-corrected chi connectivity index (χ4v) is 4.26. The molecule has 3 rings (SSSR count). The number of piperidine rings is 1. The van der Waals surface area contributed by atoms with E-state index < -0.39 is 11.9 Å². The van der Waals surface area contributed by atoms with Crippen LogP contribution in [0.2, 0.25) is 10.0 Å². The molecule has 182 valence electrons. The highest BCUT2D eigenvalue weighted by Crippen LogP contribution is 2.24. The highest BCUT2D eigenvalue weighted by atomic mass is 35.5. The van der Waals surface area contributed by atoms with E-state index in [0.29, 0.717) is 60.4 Å². The van der Waals surface area contributed by atoms with Gasteiger partial charge in [-0.1, -0.05) is 41.4 Å². The van der Waals surface area contributed by atoms with Crippen LogP contribution in [-0.4, -0.2) is 62.1 Å². The van der Waals surface area contributed by atoms with Crippen molar-refractivity contribution in [3.63, 3.8) is 0 Å². The van der Waals surface area contributed by atoms with E-state index in [0.717, 1.165) is 0 Å². The van der Waals surface area contributed by atoms with E-state index in [9.17, 15) is 14.4 Å². The molecule has 1 fully saturated rings. The first kappa shape index (κ1) is 25.8. The molecule has 1 heterocycles. The monoisotopic (exact) mass is 506 g/mol. The summed E-state index contributed by atoms with van der Waals surface area (Å²) in [5, 5.41) is 9.34. The molecule has 1 atom stereocenters. The summed E-state index contributed by atoms with van der Waals surface area (Å²) in [5.41, 5.74) is 0.916. The van der Waals surface area contributed by atoms with E-state index in [1.54, 1.807) is 60.5 Å². The summed E-state index contributed by atoms with van der Waals surface area (Å²) < 4.78 is 5.00. The SMILES string of the molecule is COCCNC(=O)[C@@H](NC(=O)c1ccccc1Cl)C1CCN(C(=O)Nc2cccc(Cl)c2)CC1. The standard InChI is InChI=1S/C24H28Cl2N4O4/c1-34-14-11-27-23(32)21(29-22(31)19-7-2-3-8-20(19)26)16-9-12-30(13-10-16)24(33)28-18-6-4-5-17(25)15-18/h2-8,15-16,21H,9-14H2,1H3,(H,27,32)(H,28,33)(H,29,31)/t21-/m0/s1. The fraction of sp³-hybridized carbons (Fsp3) is 0.375. The summed E-state index contributed by atoms with van der Waals surface area (Å²) in [5.74, 6) is -0.859. The summed E-state index contributed by atoms with van der Waals surface area (Å²) in [7, 11) is 1.55. The minimum absolute atomic E-state index is 0.149. The zero-order valence-corrected chi connectivity index (χ0v) is 20.4. The van der Waals surface area contributed by atoms with Crippen LogP contribution in [0.15, 0.2) is 48.5 Å². The van der Waals surface area contributed by atoms with Gasteiger partial charge in [-0.3, -0.25) is 9.59 Å². The van der Waals surface area contributed by atoms with Crippen LogP contribution in [0.1, 0.15) is 23.2 Å². The number of rotatable bonds is 8. The van der Waals surface area contributed by atoms with Gasteiger partial charge in [-0.05, 0) is 49.1 Å². The third kappa shape index (κ3) is 7.09. The smallest absolute Gasteiger partial charge is 0.321 e. The van der Waals surface area contributed by atoms with Crippen molar-refractivity contribution < 1.29 is 19.1 Å². The maximum atomic E-state index is 12.9. The molecule has 4 amide bonds. The number of benzene rings is 2.